The molecule has 106 valence electrons. The number of ether oxygens (including phenoxy) is 1. The molecule has 0 aromatic heterocycles. The molecule has 2 unspecified atom stereocenters. The molecule has 0 aliphatic carbocycles. The van der Waals surface area contributed by atoms with Gasteiger partial charge in [-0.15, -0.1) is 0 Å². The molecule has 0 radical (unpaired) electrons. The van der Waals surface area contributed by atoms with Crippen molar-refractivity contribution < 1.29 is 4.74 Å². The number of benzene rings is 1. The monoisotopic (exact) mass is 261 g/mol. The minimum absolute atomic E-state index is 0.560. The molecule has 0 spiro atoms. The van der Waals surface area contributed by atoms with Gasteiger partial charge >= 0.3 is 0 Å². The highest BCUT2D eigenvalue weighted by Crippen LogP contribution is 2.21. The van der Waals surface area contributed by atoms with Crippen LogP contribution in [0, 0.1) is 19.8 Å². The fourth-order valence-electron chi connectivity index (χ4n) is 2.79. The smallest absolute Gasteiger partial charge is 0.0510 e. The van der Waals surface area contributed by atoms with Crippen LogP contribution in [-0.2, 0) is 11.2 Å². The highest BCUT2D eigenvalue weighted by Gasteiger charge is 2.25. The quantitative estimate of drug-likeness (QED) is 0.848. The van der Waals surface area contributed by atoms with Crippen LogP contribution in [-0.4, -0.2) is 25.8 Å². The molecule has 1 heterocycles. The second-order valence-electron chi connectivity index (χ2n) is 5.81. The number of rotatable bonds is 6. The van der Waals surface area contributed by atoms with Crippen molar-refractivity contribution in [1.29, 1.82) is 0 Å². The van der Waals surface area contributed by atoms with E-state index < -0.39 is 0 Å². The molecular weight excluding hydrogens is 234 g/mol. The highest BCUT2D eigenvalue weighted by molar-refractivity contribution is 5.30. The minimum Gasteiger partial charge on any atom is -0.381 e. The number of nitrogens with one attached hydrogen (secondary N) is 1. The number of hydrogen-bond acceptors (Lipinski definition) is 2. The van der Waals surface area contributed by atoms with E-state index in [9.17, 15) is 0 Å². The summed E-state index contributed by atoms with van der Waals surface area (Å²) in [5, 5.41) is 3.71. The van der Waals surface area contributed by atoms with Gasteiger partial charge in [0.05, 0.1) is 6.61 Å². The van der Waals surface area contributed by atoms with E-state index >= 15 is 0 Å². The fourth-order valence-corrected chi connectivity index (χ4v) is 2.79. The summed E-state index contributed by atoms with van der Waals surface area (Å²) in [6.07, 6.45) is 3.51. The Morgan fingerprint density at radius 2 is 2.16 bits per heavy atom. The molecule has 1 saturated heterocycles. The Hall–Kier alpha value is -0.860. The molecule has 0 bridgehead atoms. The molecule has 1 aliphatic rings. The largest absolute Gasteiger partial charge is 0.381 e. The van der Waals surface area contributed by atoms with E-state index in [1.54, 1.807) is 0 Å². The third-order valence-corrected chi connectivity index (χ3v) is 4.22. The normalized spacial score (nSPS) is 20.7. The molecule has 2 heteroatoms. The van der Waals surface area contributed by atoms with Gasteiger partial charge in [0.25, 0.3) is 0 Å². The third-order valence-electron chi connectivity index (χ3n) is 4.22. The van der Waals surface area contributed by atoms with Crippen molar-refractivity contribution in [1.82, 2.24) is 5.32 Å². The van der Waals surface area contributed by atoms with E-state index in [0.29, 0.717) is 12.0 Å². The predicted molar refractivity (Wildman–Crippen MR) is 80.6 cm³/mol. The molecule has 2 rings (SSSR count). The van der Waals surface area contributed by atoms with Crippen molar-refractivity contribution in [2.24, 2.45) is 5.92 Å². The maximum absolute atomic E-state index is 5.56. The van der Waals surface area contributed by atoms with Gasteiger partial charge in [0.15, 0.2) is 0 Å². The zero-order valence-corrected chi connectivity index (χ0v) is 12.5. The minimum atomic E-state index is 0.560. The lowest BCUT2D eigenvalue weighted by Crippen LogP contribution is -2.38. The Labute approximate surface area is 117 Å². The molecule has 1 aromatic rings. The van der Waals surface area contributed by atoms with Crippen LogP contribution in [0.5, 0.6) is 0 Å². The molecule has 2 atom stereocenters. The first-order chi connectivity index (χ1) is 9.20. The van der Waals surface area contributed by atoms with Crippen LogP contribution < -0.4 is 5.32 Å². The maximum Gasteiger partial charge on any atom is 0.0510 e. The Morgan fingerprint density at radius 1 is 1.32 bits per heavy atom. The number of aryl methyl sites for hydroxylation is 2. The number of hydrogen-bond donors (Lipinski definition) is 1. The lowest BCUT2D eigenvalue weighted by molar-refractivity contribution is 0.176. The van der Waals surface area contributed by atoms with Crippen molar-refractivity contribution in [3.05, 3.63) is 34.9 Å². The first-order valence-corrected chi connectivity index (χ1v) is 7.58. The van der Waals surface area contributed by atoms with Crippen LogP contribution in [0.25, 0.3) is 0 Å². The molecule has 1 aliphatic heterocycles. The van der Waals surface area contributed by atoms with Gasteiger partial charge in [-0.05, 0) is 56.3 Å². The third kappa shape index (κ3) is 4.05. The second-order valence-corrected chi connectivity index (χ2v) is 5.81. The molecule has 2 nitrogen and oxygen atoms in total. The topological polar surface area (TPSA) is 21.3 Å². The van der Waals surface area contributed by atoms with Gasteiger partial charge in [0, 0.05) is 18.6 Å². The average molecular weight is 261 g/mol. The second kappa shape index (κ2) is 7.06. The van der Waals surface area contributed by atoms with Gasteiger partial charge in [-0.3, -0.25) is 0 Å². The van der Waals surface area contributed by atoms with E-state index in [1.165, 1.54) is 29.5 Å². The van der Waals surface area contributed by atoms with Crippen molar-refractivity contribution in [3.8, 4) is 0 Å². The van der Waals surface area contributed by atoms with Gasteiger partial charge in [0.1, 0.15) is 0 Å². The van der Waals surface area contributed by atoms with Gasteiger partial charge < -0.3 is 10.1 Å². The van der Waals surface area contributed by atoms with Crippen molar-refractivity contribution in [3.63, 3.8) is 0 Å². The lowest BCUT2D eigenvalue weighted by Gasteiger charge is -2.24. The van der Waals surface area contributed by atoms with Crippen molar-refractivity contribution in [2.75, 3.05) is 19.8 Å². The molecule has 1 fully saturated rings. The van der Waals surface area contributed by atoms with E-state index in [1.807, 2.05) is 0 Å². The van der Waals surface area contributed by atoms with Gasteiger partial charge in [-0.2, -0.15) is 0 Å². The zero-order valence-electron chi connectivity index (χ0n) is 12.5. The van der Waals surface area contributed by atoms with Crippen LogP contribution in [0.15, 0.2) is 18.2 Å². The molecule has 1 aromatic carbocycles. The first kappa shape index (κ1) is 14.5. The van der Waals surface area contributed by atoms with Crippen LogP contribution >= 0.6 is 0 Å². The van der Waals surface area contributed by atoms with Crippen LogP contribution in [0.4, 0.5) is 0 Å². The Morgan fingerprint density at radius 3 is 2.79 bits per heavy atom. The Balaban J connectivity index is 2.03. The maximum atomic E-state index is 5.56. The standard InChI is InChI=1S/C17H27NO/c1-4-8-18-17(16-7-9-19-12-16)11-15-6-5-13(2)14(3)10-15/h5-6,10,16-18H,4,7-9,11-12H2,1-3H3. The summed E-state index contributed by atoms with van der Waals surface area (Å²) in [5.74, 6) is 0.674. The Bertz CT molecular complexity index is 396. The van der Waals surface area contributed by atoms with Crippen LogP contribution in [0.2, 0.25) is 0 Å². The lowest BCUT2D eigenvalue weighted by atomic mass is 9.91. The van der Waals surface area contributed by atoms with Crippen LogP contribution in [0.1, 0.15) is 36.5 Å². The van der Waals surface area contributed by atoms with Crippen LogP contribution in [0.3, 0.4) is 0 Å². The van der Waals surface area contributed by atoms with Crippen molar-refractivity contribution >= 4 is 0 Å². The molecular formula is C17H27NO. The Kier molecular flexibility index (Phi) is 5.41. The summed E-state index contributed by atoms with van der Waals surface area (Å²) in [6.45, 7) is 9.56. The molecule has 19 heavy (non-hydrogen) atoms. The zero-order chi connectivity index (χ0) is 13.7. The molecule has 1 N–H and O–H groups in total. The summed E-state index contributed by atoms with van der Waals surface area (Å²) in [6, 6.07) is 7.42. The summed E-state index contributed by atoms with van der Waals surface area (Å²) < 4.78 is 5.56. The van der Waals surface area contributed by atoms with Crippen molar-refractivity contribution in [2.45, 2.75) is 46.1 Å². The predicted octanol–water partition coefficient (Wildman–Crippen LogP) is 3.25. The average Bonchev–Trinajstić information content (AvgIpc) is 2.92. The summed E-state index contributed by atoms with van der Waals surface area (Å²) in [4.78, 5) is 0. The summed E-state index contributed by atoms with van der Waals surface area (Å²) in [5.41, 5.74) is 4.23. The van der Waals surface area contributed by atoms with E-state index in [-0.39, 0.29) is 0 Å². The van der Waals surface area contributed by atoms with Gasteiger partial charge in [0.2, 0.25) is 0 Å². The fraction of sp³-hybridized carbons (Fsp3) is 0.647. The highest BCUT2D eigenvalue weighted by atomic mass is 16.5. The van der Waals surface area contributed by atoms with E-state index in [0.717, 1.165) is 26.2 Å². The molecule has 0 saturated carbocycles. The van der Waals surface area contributed by atoms with Gasteiger partial charge in [-0.25, -0.2) is 0 Å². The van der Waals surface area contributed by atoms with E-state index in [4.69, 9.17) is 4.74 Å². The summed E-state index contributed by atoms with van der Waals surface area (Å²) in [7, 11) is 0. The van der Waals surface area contributed by atoms with Gasteiger partial charge in [-0.1, -0.05) is 25.1 Å². The summed E-state index contributed by atoms with van der Waals surface area (Å²) >= 11 is 0. The SMILES string of the molecule is CCCNC(Cc1ccc(C)c(C)c1)C1CCOC1. The molecule has 0 amide bonds. The van der Waals surface area contributed by atoms with E-state index in [2.05, 4.69) is 44.3 Å². The first-order valence-electron chi connectivity index (χ1n) is 7.58.